The molecular formula is C49H55NO10. The number of ether oxygens (including phenoxy) is 8. The van der Waals surface area contributed by atoms with Crippen molar-refractivity contribution in [3.05, 3.63) is 179 Å². The Morgan fingerprint density at radius 3 is 1.42 bits per heavy atom. The fourth-order valence-corrected chi connectivity index (χ4v) is 7.50. The lowest BCUT2D eigenvalue weighted by molar-refractivity contribution is -0.355. The van der Waals surface area contributed by atoms with E-state index in [0.717, 1.165) is 27.8 Å². The van der Waals surface area contributed by atoms with Crippen molar-refractivity contribution in [2.75, 3.05) is 6.61 Å². The highest BCUT2D eigenvalue weighted by atomic mass is 16.7. The summed E-state index contributed by atoms with van der Waals surface area (Å²) in [5.41, 5.74) is 4.78. The van der Waals surface area contributed by atoms with Gasteiger partial charge in [-0.05, 0) is 34.7 Å². The van der Waals surface area contributed by atoms with E-state index in [0.29, 0.717) is 13.2 Å². The van der Waals surface area contributed by atoms with Crippen molar-refractivity contribution in [3.63, 3.8) is 0 Å². The Morgan fingerprint density at radius 1 is 0.533 bits per heavy atom. The number of carbonyl (C=O) groups excluding carboxylic acids is 1. The molecule has 0 unspecified atom stereocenters. The van der Waals surface area contributed by atoms with Crippen LogP contribution >= 0.6 is 0 Å². The predicted molar refractivity (Wildman–Crippen MR) is 224 cm³/mol. The zero-order valence-corrected chi connectivity index (χ0v) is 34.1. The minimum absolute atomic E-state index is 0.0159. The molecule has 2 N–H and O–H groups in total. The topological polar surface area (TPSA) is 123 Å². The lowest BCUT2D eigenvalue weighted by Crippen LogP contribution is -2.68. The molecule has 0 bridgehead atoms. The fraction of sp³-hybridized carbons (Fsp3) is 0.367. The molecule has 0 aliphatic carbocycles. The van der Waals surface area contributed by atoms with Crippen LogP contribution in [0.1, 0.15) is 41.7 Å². The monoisotopic (exact) mass is 817 g/mol. The molecule has 2 aliphatic rings. The van der Waals surface area contributed by atoms with Gasteiger partial charge in [0.25, 0.3) is 0 Å². The molecule has 10 atom stereocenters. The van der Waals surface area contributed by atoms with Gasteiger partial charge in [-0.25, -0.2) is 0 Å². The molecule has 2 saturated heterocycles. The number of carbonyl (C=O) groups is 1. The number of aliphatic hydroxyl groups is 1. The number of rotatable bonds is 19. The van der Waals surface area contributed by atoms with Gasteiger partial charge in [-0.1, -0.05) is 152 Å². The number of nitrogens with one attached hydrogen (secondary N) is 1. The van der Waals surface area contributed by atoms with Crippen molar-refractivity contribution in [3.8, 4) is 0 Å². The molecule has 60 heavy (non-hydrogen) atoms. The van der Waals surface area contributed by atoms with Crippen LogP contribution < -0.4 is 5.32 Å². The zero-order valence-electron chi connectivity index (χ0n) is 34.1. The molecule has 0 saturated carbocycles. The van der Waals surface area contributed by atoms with E-state index < -0.39 is 61.3 Å². The van der Waals surface area contributed by atoms with Crippen molar-refractivity contribution in [1.29, 1.82) is 0 Å². The first-order valence-electron chi connectivity index (χ1n) is 20.6. The van der Waals surface area contributed by atoms with E-state index >= 15 is 0 Å². The Labute approximate surface area is 352 Å². The smallest absolute Gasteiger partial charge is 0.217 e. The Morgan fingerprint density at radius 2 is 0.950 bits per heavy atom. The van der Waals surface area contributed by atoms with Crippen molar-refractivity contribution in [2.45, 2.75) is 108 Å². The van der Waals surface area contributed by atoms with Crippen molar-refractivity contribution < 1.29 is 47.8 Å². The van der Waals surface area contributed by atoms with Crippen LogP contribution in [0.25, 0.3) is 0 Å². The molecular weight excluding hydrogens is 763 g/mol. The van der Waals surface area contributed by atoms with Crippen LogP contribution in [0.5, 0.6) is 0 Å². The molecule has 0 aromatic heterocycles. The van der Waals surface area contributed by atoms with Crippen LogP contribution in [-0.4, -0.2) is 79.0 Å². The molecule has 0 radical (unpaired) electrons. The standard InChI is InChI=1S/C49H55NO10/c1-34-44(54-29-37-20-10-4-11-21-37)46(55-30-38-22-12-5-13-23-38)47(56-31-39-24-14-6-15-25-39)49(58-34)60-45-42(50-35(2)51)48(57-32-40-26-16-7-17-27-40)59-41(43(45)52)33-53-28-36-18-8-3-9-19-36/h3-27,34,41-49,52H,28-33H2,1-2H3,(H,50,51)/t34-,41+,42+,43+,44+,45+,46+,47-,48+,49-/m0/s1. The summed E-state index contributed by atoms with van der Waals surface area (Å²) in [6.45, 7) is 4.61. The van der Waals surface area contributed by atoms with E-state index in [1.54, 1.807) is 0 Å². The highest BCUT2D eigenvalue weighted by Crippen LogP contribution is 2.35. The second-order valence-corrected chi connectivity index (χ2v) is 15.2. The minimum Gasteiger partial charge on any atom is -0.388 e. The minimum atomic E-state index is -1.29. The van der Waals surface area contributed by atoms with E-state index in [1.807, 2.05) is 159 Å². The fourth-order valence-electron chi connectivity index (χ4n) is 7.50. The second-order valence-electron chi connectivity index (χ2n) is 15.2. The molecule has 11 heteroatoms. The van der Waals surface area contributed by atoms with Gasteiger partial charge in [-0.2, -0.15) is 0 Å². The van der Waals surface area contributed by atoms with E-state index in [1.165, 1.54) is 6.92 Å². The largest absolute Gasteiger partial charge is 0.388 e. The van der Waals surface area contributed by atoms with Gasteiger partial charge in [0.2, 0.25) is 5.91 Å². The number of amides is 1. The number of hydrogen-bond acceptors (Lipinski definition) is 10. The summed E-state index contributed by atoms with van der Waals surface area (Å²) in [7, 11) is 0. The molecule has 0 spiro atoms. The number of hydrogen-bond donors (Lipinski definition) is 2. The summed E-state index contributed by atoms with van der Waals surface area (Å²) in [5.74, 6) is -0.357. The molecule has 2 heterocycles. The third-order valence-electron chi connectivity index (χ3n) is 10.6. The third-order valence-corrected chi connectivity index (χ3v) is 10.6. The maximum atomic E-state index is 12.9. The second kappa shape index (κ2) is 22.2. The highest BCUT2D eigenvalue weighted by molar-refractivity contribution is 5.73. The Bertz CT molecular complexity index is 1980. The first-order valence-corrected chi connectivity index (χ1v) is 20.6. The van der Waals surface area contributed by atoms with Gasteiger partial charge in [0, 0.05) is 6.92 Å². The normalized spacial score (nSPS) is 26.6. The zero-order chi connectivity index (χ0) is 41.5. The summed E-state index contributed by atoms with van der Waals surface area (Å²) in [6, 6.07) is 48.1. The van der Waals surface area contributed by atoms with Gasteiger partial charge >= 0.3 is 0 Å². The van der Waals surface area contributed by atoms with Crippen LogP contribution in [0.15, 0.2) is 152 Å². The first kappa shape index (κ1) is 43.3. The van der Waals surface area contributed by atoms with E-state index in [9.17, 15) is 9.90 Å². The summed E-state index contributed by atoms with van der Waals surface area (Å²) in [6.07, 6.45) is -8.14. The van der Waals surface area contributed by atoms with Crippen LogP contribution in [0.4, 0.5) is 0 Å². The predicted octanol–water partition coefficient (Wildman–Crippen LogP) is 6.90. The SMILES string of the molecule is CC(=O)N[C@H]1[C@H](OCc2ccccc2)O[C@H](COCc2ccccc2)[C@@H](O)[C@@H]1O[C@@H]1O[C@@H](C)[C@@H](OCc2ccccc2)[C@@H](OCc2ccccc2)[C@@H]1OCc1ccccc1. The number of aliphatic hydroxyl groups excluding tert-OH is 1. The first-order chi connectivity index (χ1) is 29.4. The molecule has 2 aliphatic heterocycles. The average Bonchev–Trinajstić information content (AvgIpc) is 3.28. The molecule has 5 aromatic rings. The molecule has 5 aromatic carbocycles. The van der Waals surface area contributed by atoms with Gasteiger partial charge in [-0.3, -0.25) is 4.79 Å². The van der Waals surface area contributed by atoms with Crippen molar-refractivity contribution in [1.82, 2.24) is 5.32 Å². The van der Waals surface area contributed by atoms with Crippen LogP contribution in [0, 0.1) is 0 Å². The highest BCUT2D eigenvalue weighted by Gasteiger charge is 2.53. The third kappa shape index (κ3) is 12.2. The van der Waals surface area contributed by atoms with Crippen LogP contribution in [-0.2, 0) is 75.7 Å². The van der Waals surface area contributed by atoms with Gasteiger partial charge in [0.15, 0.2) is 12.6 Å². The van der Waals surface area contributed by atoms with Gasteiger partial charge in [0.05, 0.1) is 45.7 Å². The summed E-state index contributed by atoms with van der Waals surface area (Å²) >= 11 is 0. The van der Waals surface area contributed by atoms with E-state index in [4.69, 9.17) is 37.9 Å². The molecule has 316 valence electrons. The van der Waals surface area contributed by atoms with E-state index in [-0.39, 0.29) is 32.3 Å². The van der Waals surface area contributed by atoms with Crippen molar-refractivity contribution >= 4 is 5.91 Å². The van der Waals surface area contributed by atoms with E-state index in [2.05, 4.69) is 5.32 Å². The van der Waals surface area contributed by atoms with Gasteiger partial charge in [-0.15, -0.1) is 0 Å². The maximum Gasteiger partial charge on any atom is 0.217 e. The van der Waals surface area contributed by atoms with Gasteiger partial charge < -0.3 is 48.3 Å². The summed E-state index contributed by atoms with van der Waals surface area (Å²) in [5, 5.41) is 15.2. The lowest BCUT2D eigenvalue weighted by atomic mass is 9.95. The Kier molecular flexibility index (Phi) is 16.0. The molecule has 1 amide bonds. The van der Waals surface area contributed by atoms with Crippen LogP contribution in [0.3, 0.4) is 0 Å². The summed E-state index contributed by atoms with van der Waals surface area (Å²) in [4.78, 5) is 12.9. The van der Waals surface area contributed by atoms with Crippen LogP contribution in [0.2, 0.25) is 0 Å². The Hall–Kier alpha value is -4.79. The quantitative estimate of drug-likeness (QED) is 0.0911. The van der Waals surface area contributed by atoms with Crippen molar-refractivity contribution in [2.24, 2.45) is 0 Å². The average molecular weight is 818 g/mol. The molecule has 7 rings (SSSR count). The molecule has 11 nitrogen and oxygen atoms in total. The molecule has 2 fully saturated rings. The lowest BCUT2D eigenvalue weighted by Gasteiger charge is -2.49. The van der Waals surface area contributed by atoms with Gasteiger partial charge in [0.1, 0.15) is 42.7 Å². The Balaban J connectivity index is 1.20. The summed E-state index contributed by atoms with van der Waals surface area (Å²) < 4.78 is 52.8. The maximum absolute atomic E-state index is 12.9. The number of benzene rings is 5.